The second-order valence-electron chi connectivity index (χ2n) is 7.49. The zero-order valence-corrected chi connectivity index (χ0v) is 19.9. The molecule has 2 aliphatic rings. The van der Waals surface area contributed by atoms with Gasteiger partial charge < -0.3 is 20.4 Å². The van der Waals surface area contributed by atoms with Crippen molar-refractivity contribution in [3.05, 3.63) is 0 Å². The molecule has 0 bridgehead atoms. The summed E-state index contributed by atoms with van der Waals surface area (Å²) < 4.78 is 0. The van der Waals surface area contributed by atoms with Crippen LogP contribution in [0.5, 0.6) is 0 Å². The molecule has 0 aromatic carbocycles. The van der Waals surface area contributed by atoms with Crippen LogP contribution in [0.2, 0.25) is 0 Å². The first-order valence-corrected chi connectivity index (χ1v) is 10.3. The van der Waals surface area contributed by atoms with Crippen molar-refractivity contribution in [2.24, 2.45) is 4.99 Å². The molecule has 2 N–H and O–H groups in total. The number of rotatable bonds is 8. The molecule has 0 radical (unpaired) electrons. The van der Waals surface area contributed by atoms with E-state index in [1.807, 2.05) is 25.9 Å². The normalized spacial score (nSPS) is 20.0. The maximum atomic E-state index is 12.2. The van der Waals surface area contributed by atoms with Crippen LogP contribution in [-0.4, -0.2) is 98.4 Å². The maximum Gasteiger partial charge on any atom is 0.244 e. The predicted molar refractivity (Wildman–Crippen MR) is 123 cm³/mol. The van der Waals surface area contributed by atoms with E-state index in [1.165, 1.54) is 0 Å². The fourth-order valence-electron chi connectivity index (χ4n) is 3.72. The van der Waals surface area contributed by atoms with Crippen molar-refractivity contribution in [1.82, 2.24) is 25.3 Å². The third-order valence-electron chi connectivity index (χ3n) is 5.18. The highest BCUT2D eigenvalue weighted by atomic mass is 127. The van der Waals surface area contributed by atoms with Crippen molar-refractivity contribution in [2.45, 2.75) is 45.1 Å². The van der Waals surface area contributed by atoms with Crippen molar-refractivity contribution in [3.8, 4) is 0 Å². The lowest BCUT2D eigenvalue weighted by Gasteiger charge is -2.26. The Bertz CT molecular complexity index is 523. The lowest BCUT2D eigenvalue weighted by molar-refractivity contribution is -0.133. The first-order valence-electron chi connectivity index (χ1n) is 10.3. The number of hydrogen-bond donors (Lipinski definition) is 2. The van der Waals surface area contributed by atoms with Gasteiger partial charge >= 0.3 is 0 Å². The molecule has 2 saturated heterocycles. The van der Waals surface area contributed by atoms with E-state index in [1.54, 1.807) is 4.90 Å². The van der Waals surface area contributed by atoms with Gasteiger partial charge in [-0.25, -0.2) is 4.99 Å². The molecule has 0 aromatic rings. The number of nitrogens with one attached hydrogen (secondary N) is 2. The van der Waals surface area contributed by atoms with Gasteiger partial charge in [-0.15, -0.1) is 24.0 Å². The van der Waals surface area contributed by atoms with Crippen LogP contribution in [0.4, 0.5) is 0 Å². The minimum absolute atomic E-state index is 0. The second kappa shape index (κ2) is 13.2. The smallest absolute Gasteiger partial charge is 0.244 e. The predicted octanol–water partition coefficient (Wildman–Crippen LogP) is 0.725. The average molecular weight is 508 g/mol. The quantitative estimate of drug-likeness (QED) is 0.219. The molecule has 1 unspecified atom stereocenters. The molecule has 162 valence electrons. The number of hydrogen-bond acceptors (Lipinski definition) is 4. The van der Waals surface area contributed by atoms with Gasteiger partial charge in [-0.2, -0.15) is 0 Å². The molecule has 9 heteroatoms. The Morgan fingerprint density at radius 1 is 1.11 bits per heavy atom. The monoisotopic (exact) mass is 508 g/mol. The lowest BCUT2D eigenvalue weighted by atomic mass is 10.2. The first kappa shape index (κ1) is 24.9. The standard InChI is InChI=1S/C19H36N6O2.HI/c1-4-20-19(22-15-17(26)25-11-5-6-12-25)21-10-8-14-24-13-7-9-16(24)18(27)23(2)3;/h16H,4-15H2,1-3H3,(H2,20,21,22);1H. The van der Waals surface area contributed by atoms with Gasteiger partial charge in [0.1, 0.15) is 6.54 Å². The highest BCUT2D eigenvalue weighted by Crippen LogP contribution is 2.18. The number of carbonyl (C=O) groups is 2. The summed E-state index contributed by atoms with van der Waals surface area (Å²) in [5.74, 6) is 0.995. The number of guanidine groups is 1. The zero-order valence-electron chi connectivity index (χ0n) is 17.6. The Balaban J connectivity index is 0.00000392. The van der Waals surface area contributed by atoms with E-state index in [9.17, 15) is 9.59 Å². The number of amides is 2. The molecule has 8 nitrogen and oxygen atoms in total. The van der Waals surface area contributed by atoms with Crippen molar-refractivity contribution >= 4 is 41.8 Å². The molecule has 0 aromatic heterocycles. The van der Waals surface area contributed by atoms with Crippen LogP contribution in [0.3, 0.4) is 0 Å². The minimum Gasteiger partial charge on any atom is -0.357 e. The maximum absolute atomic E-state index is 12.2. The summed E-state index contributed by atoms with van der Waals surface area (Å²) in [6.07, 6.45) is 5.17. The summed E-state index contributed by atoms with van der Waals surface area (Å²) in [5.41, 5.74) is 0. The van der Waals surface area contributed by atoms with Gasteiger partial charge in [0.25, 0.3) is 0 Å². The summed E-state index contributed by atoms with van der Waals surface area (Å²) in [7, 11) is 3.64. The topological polar surface area (TPSA) is 80.3 Å². The second-order valence-corrected chi connectivity index (χ2v) is 7.49. The SMILES string of the molecule is CCNC(=NCC(=O)N1CCCC1)NCCCN1CCCC1C(=O)N(C)C.I. The molecular formula is C19H37IN6O2. The molecule has 0 aliphatic carbocycles. The van der Waals surface area contributed by atoms with Crippen LogP contribution in [0.15, 0.2) is 4.99 Å². The molecule has 0 spiro atoms. The van der Waals surface area contributed by atoms with E-state index in [4.69, 9.17) is 0 Å². The highest BCUT2D eigenvalue weighted by Gasteiger charge is 2.30. The summed E-state index contributed by atoms with van der Waals surface area (Å²) >= 11 is 0. The fourth-order valence-corrected chi connectivity index (χ4v) is 3.72. The summed E-state index contributed by atoms with van der Waals surface area (Å²) in [4.78, 5) is 34.7. The Morgan fingerprint density at radius 3 is 2.46 bits per heavy atom. The minimum atomic E-state index is 0. The largest absolute Gasteiger partial charge is 0.357 e. The van der Waals surface area contributed by atoms with Crippen LogP contribution < -0.4 is 10.6 Å². The van der Waals surface area contributed by atoms with E-state index >= 15 is 0 Å². The molecular weight excluding hydrogens is 471 g/mol. The van der Waals surface area contributed by atoms with Crippen molar-refractivity contribution in [2.75, 3.05) is 59.9 Å². The third kappa shape index (κ3) is 7.73. The third-order valence-corrected chi connectivity index (χ3v) is 5.18. The van der Waals surface area contributed by atoms with Crippen LogP contribution in [-0.2, 0) is 9.59 Å². The van der Waals surface area contributed by atoms with E-state index in [2.05, 4.69) is 20.5 Å². The van der Waals surface area contributed by atoms with Gasteiger partial charge in [0.15, 0.2) is 5.96 Å². The molecule has 2 heterocycles. The molecule has 1 atom stereocenters. The van der Waals surface area contributed by atoms with Gasteiger partial charge in [0.05, 0.1) is 6.04 Å². The number of likely N-dealkylation sites (N-methyl/N-ethyl adjacent to an activating group) is 1. The Hall–Kier alpha value is -1.10. The number of halogens is 1. The van der Waals surface area contributed by atoms with E-state index < -0.39 is 0 Å². The Morgan fingerprint density at radius 2 is 1.82 bits per heavy atom. The molecule has 2 aliphatic heterocycles. The van der Waals surface area contributed by atoms with Gasteiger partial charge in [-0.1, -0.05) is 0 Å². The van der Waals surface area contributed by atoms with E-state index in [0.29, 0.717) is 5.96 Å². The number of aliphatic imine (C=N–C) groups is 1. The van der Waals surface area contributed by atoms with E-state index in [0.717, 1.165) is 71.4 Å². The molecule has 2 amide bonds. The average Bonchev–Trinajstić information content (AvgIpc) is 3.33. The fraction of sp³-hybridized carbons (Fsp3) is 0.842. The van der Waals surface area contributed by atoms with Crippen molar-refractivity contribution < 1.29 is 9.59 Å². The molecule has 0 saturated carbocycles. The van der Waals surface area contributed by atoms with E-state index in [-0.39, 0.29) is 48.4 Å². The number of carbonyl (C=O) groups excluding carboxylic acids is 2. The van der Waals surface area contributed by atoms with Crippen LogP contribution in [0, 0.1) is 0 Å². The summed E-state index contributed by atoms with van der Waals surface area (Å²) in [5, 5.41) is 6.50. The Kier molecular flexibility index (Phi) is 11.7. The number of nitrogens with zero attached hydrogens (tertiary/aromatic N) is 4. The van der Waals surface area contributed by atoms with Crippen LogP contribution >= 0.6 is 24.0 Å². The van der Waals surface area contributed by atoms with Crippen molar-refractivity contribution in [3.63, 3.8) is 0 Å². The van der Waals surface area contributed by atoms with Gasteiger partial charge in [0, 0.05) is 46.8 Å². The van der Waals surface area contributed by atoms with Crippen LogP contribution in [0.25, 0.3) is 0 Å². The number of likely N-dealkylation sites (tertiary alicyclic amines) is 2. The summed E-state index contributed by atoms with van der Waals surface area (Å²) in [6, 6.07) is 0.0278. The summed E-state index contributed by atoms with van der Waals surface area (Å²) in [6.45, 7) is 7.34. The lowest BCUT2D eigenvalue weighted by Crippen LogP contribution is -2.44. The first-order chi connectivity index (χ1) is 13.0. The van der Waals surface area contributed by atoms with Gasteiger partial charge in [-0.05, 0) is 45.6 Å². The van der Waals surface area contributed by atoms with Crippen molar-refractivity contribution in [1.29, 1.82) is 0 Å². The highest BCUT2D eigenvalue weighted by molar-refractivity contribution is 14.0. The zero-order chi connectivity index (χ0) is 19.6. The molecule has 2 rings (SSSR count). The molecule has 2 fully saturated rings. The molecule has 28 heavy (non-hydrogen) atoms. The van der Waals surface area contributed by atoms with Gasteiger partial charge in [-0.3, -0.25) is 14.5 Å². The Labute approximate surface area is 186 Å². The van der Waals surface area contributed by atoms with Crippen LogP contribution in [0.1, 0.15) is 39.0 Å². The van der Waals surface area contributed by atoms with Gasteiger partial charge in [0.2, 0.25) is 11.8 Å².